The van der Waals surface area contributed by atoms with Crippen LogP contribution in [0.15, 0.2) is 58.6 Å². The van der Waals surface area contributed by atoms with E-state index >= 15 is 0 Å². The van der Waals surface area contributed by atoms with Gasteiger partial charge in [0.25, 0.3) is 0 Å². The second kappa shape index (κ2) is 8.05. The van der Waals surface area contributed by atoms with Crippen LogP contribution >= 0.6 is 11.8 Å². The number of hydrogen-bond acceptors (Lipinski definition) is 4. The molecular formula is C21H20FN3OS. The van der Waals surface area contributed by atoms with Crippen molar-refractivity contribution in [1.29, 1.82) is 0 Å². The molecule has 0 aliphatic heterocycles. The van der Waals surface area contributed by atoms with Gasteiger partial charge in [-0.25, -0.2) is 9.18 Å². The minimum absolute atomic E-state index is 0.218. The van der Waals surface area contributed by atoms with E-state index in [2.05, 4.69) is 9.97 Å². The van der Waals surface area contributed by atoms with Crippen molar-refractivity contribution in [3.63, 3.8) is 0 Å². The average Bonchev–Trinajstić information content (AvgIpc) is 2.70. The van der Waals surface area contributed by atoms with Gasteiger partial charge in [0.05, 0.1) is 6.54 Å². The highest BCUT2D eigenvalue weighted by Gasteiger charge is 2.21. The first-order valence-electron chi connectivity index (χ1n) is 9.10. The van der Waals surface area contributed by atoms with E-state index in [1.807, 2.05) is 18.2 Å². The molecular weight excluding hydrogens is 361 g/mol. The predicted octanol–water partition coefficient (Wildman–Crippen LogP) is 4.00. The van der Waals surface area contributed by atoms with E-state index in [4.69, 9.17) is 0 Å². The Morgan fingerprint density at radius 3 is 2.67 bits per heavy atom. The Balaban J connectivity index is 1.66. The van der Waals surface area contributed by atoms with Gasteiger partial charge in [-0.15, -0.1) is 11.8 Å². The Kier molecular flexibility index (Phi) is 5.34. The van der Waals surface area contributed by atoms with E-state index in [1.54, 1.807) is 29.1 Å². The third kappa shape index (κ3) is 3.95. The molecule has 138 valence electrons. The van der Waals surface area contributed by atoms with Gasteiger partial charge < -0.3 is 0 Å². The number of aromatic nitrogens is 3. The van der Waals surface area contributed by atoms with Crippen molar-refractivity contribution in [1.82, 2.24) is 14.5 Å². The minimum atomic E-state index is -0.233. The minimum Gasteiger partial charge on any atom is -0.292 e. The highest BCUT2D eigenvalue weighted by atomic mass is 32.2. The molecule has 1 aromatic carbocycles. The monoisotopic (exact) mass is 381 g/mol. The summed E-state index contributed by atoms with van der Waals surface area (Å²) in [5, 5.41) is 0.754. The Morgan fingerprint density at radius 2 is 1.85 bits per heavy atom. The van der Waals surface area contributed by atoms with Crippen molar-refractivity contribution in [3.8, 4) is 0 Å². The van der Waals surface area contributed by atoms with Crippen LogP contribution in [-0.4, -0.2) is 14.5 Å². The smallest absolute Gasteiger partial charge is 0.292 e. The Labute approximate surface area is 161 Å². The number of rotatable bonds is 5. The van der Waals surface area contributed by atoms with Gasteiger partial charge in [-0.2, -0.15) is 4.98 Å². The lowest BCUT2D eigenvalue weighted by Crippen LogP contribution is -2.30. The molecule has 2 aromatic heterocycles. The largest absolute Gasteiger partial charge is 0.349 e. The van der Waals surface area contributed by atoms with Crippen molar-refractivity contribution in [3.05, 3.63) is 87.5 Å². The normalized spacial score (nSPS) is 13.4. The van der Waals surface area contributed by atoms with E-state index in [0.29, 0.717) is 17.9 Å². The van der Waals surface area contributed by atoms with Gasteiger partial charge in [-0.3, -0.25) is 9.55 Å². The number of hydrogen-bond donors (Lipinski definition) is 0. The van der Waals surface area contributed by atoms with E-state index in [0.717, 1.165) is 47.5 Å². The fourth-order valence-corrected chi connectivity index (χ4v) is 4.53. The summed E-state index contributed by atoms with van der Waals surface area (Å²) in [6.07, 6.45) is 7.43. The topological polar surface area (TPSA) is 47.8 Å². The molecule has 6 heteroatoms. The maximum atomic E-state index is 13.9. The second-order valence-electron chi connectivity index (χ2n) is 6.65. The summed E-state index contributed by atoms with van der Waals surface area (Å²) < 4.78 is 15.7. The summed E-state index contributed by atoms with van der Waals surface area (Å²) in [6.45, 7) is 0.509. The van der Waals surface area contributed by atoms with Crippen molar-refractivity contribution in [2.75, 3.05) is 0 Å². The summed E-state index contributed by atoms with van der Waals surface area (Å²) >= 11 is 1.46. The molecule has 3 aromatic rings. The van der Waals surface area contributed by atoms with Gasteiger partial charge >= 0.3 is 5.69 Å². The zero-order valence-corrected chi connectivity index (χ0v) is 15.7. The molecule has 27 heavy (non-hydrogen) atoms. The van der Waals surface area contributed by atoms with Crippen LogP contribution < -0.4 is 5.69 Å². The number of nitrogens with zero attached hydrogens (tertiary/aromatic N) is 3. The summed E-state index contributed by atoms with van der Waals surface area (Å²) in [6, 6.07) is 10.6. The van der Waals surface area contributed by atoms with Crippen LogP contribution in [-0.2, 0) is 25.1 Å². The highest BCUT2D eigenvalue weighted by molar-refractivity contribution is 7.98. The third-order valence-electron chi connectivity index (χ3n) is 4.86. The molecule has 0 saturated heterocycles. The van der Waals surface area contributed by atoms with Crippen LogP contribution in [0.4, 0.5) is 4.39 Å². The molecule has 4 rings (SSSR count). The molecule has 0 spiro atoms. The summed E-state index contributed by atoms with van der Waals surface area (Å²) in [5.41, 5.74) is 3.66. The fourth-order valence-electron chi connectivity index (χ4n) is 3.46. The molecule has 0 bridgehead atoms. The van der Waals surface area contributed by atoms with E-state index in [-0.39, 0.29) is 11.5 Å². The molecule has 4 nitrogen and oxygen atoms in total. The Bertz CT molecular complexity index is 1000. The highest BCUT2D eigenvalue weighted by Crippen LogP contribution is 2.31. The summed E-state index contributed by atoms with van der Waals surface area (Å²) in [7, 11) is 0. The lowest BCUT2D eigenvalue weighted by molar-refractivity contribution is 0.569. The first-order chi connectivity index (χ1) is 13.2. The van der Waals surface area contributed by atoms with Crippen LogP contribution in [0.5, 0.6) is 0 Å². The van der Waals surface area contributed by atoms with Crippen molar-refractivity contribution in [2.45, 2.75) is 43.0 Å². The van der Waals surface area contributed by atoms with Crippen molar-refractivity contribution >= 4 is 11.8 Å². The second-order valence-corrected chi connectivity index (χ2v) is 7.62. The SMILES string of the molecule is O=c1nc(SCc2ccccc2F)c2c(n1Cc1ccncc1)CCCC2. The van der Waals surface area contributed by atoms with Gasteiger partial charge in [-0.1, -0.05) is 18.2 Å². The summed E-state index contributed by atoms with van der Waals surface area (Å²) in [4.78, 5) is 21.1. The molecule has 2 heterocycles. The zero-order chi connectivity index (χ0) is 18.6. The molecule has 0 fully saturated rings. The Hall–Kier alpha value is -2.47. The number of fused-ring (bicyclic) bond motifs is 1. The van der Waals surface area contributed by atoms with Gasteiger partial charge in [-0.05, 0) is 55.0 Å². The molecule has 0 N–H and O–H groups in total. The van der Waals surface area contributed by atoms with Crippen LogP contribution in [0.2, 0.25) is 0 Å². The first-order valence-corrected chi connectivity index (χ1v) is 10.1. The summed E-state index contributed by atoms with van der Waals surface area (Å²) in [5.74, 6) is 0.254. The molecule has 1 aliphatic carbocycles. The van der Waals surface area contributed by atoms with Gasteiger partial charge in [0.2, 0.25) is 0 Å². The van der Waals surface area contributed by atoms with Gasteiger partial charge in [0.1, 0.15) is 10.8 Å². The van der Waals surface area contributed by atoms with E-state index in [9.17, 15) is 9.18 Å². The molecule has 0 atom stereocenters. The molecule has 0 radical (unpaired) electrons. The lowest BCUT2D eigenvalue weighted by atomic mass is 9.97. The van der Waals surface area contributed by atoms with Gasteiger partial charge in [0, 0.05) is 29.4 Å². The fraction of sp³-hybridized carbons (Fsp3) is 0.286. The number of halogens is 1. The zero-order valence-electron chi connectivity index (χ0n) is 14.9. The molecule has 0 amide bonds. The Morgan fingerprint density at radius 1 is 1.07 bits per heavy atom. The van der Waals surface area contributed by atoms with Crippen molar-refractivity contribution < 1.29 is 4.39 Å². The van der Waals surface area contributed by atoms with E-state index in [1.165, 1.54) is 17.8 Å². The molecule has 0 unspecified atom stereocenters. The standard InChI is InChI=1S/C21H20FN3OS/c22-18-7-3-1-5-16(18)14-27-20-17-6-2-4-8-19(17)25(21(26)24-20)13-15-9-11-23-12-10-15/h1,3,5,7,9-12H,2,4,6,8,13-14H2. The average molecular weight is 381 g/mol. The molecule has 1 aliphatic rings. The third-order valence-corrected chi connectivity index (χ3v) is 5.93. The van der Waals surface area contributed by atoms with Crippen LogP contribution in [0, 0.1) is 5.82 Å². The quantitative estimate of drug-likeness (QED) is 0.495. The predicted molar refractivity (Wildman–Crippen MR) is 104 cm³/mol. The molecule has 0 saturated carbocycles. The number of pyridine rings is 1. The van der Waals surface area contributed by atoms with Crippen molar-refractivity contribution in [2.24, 2.45) is 0 Å². The van der Waals surface area contributed by atoms with Crippen LogP contribution in [0.3, 0.4) is 0 Å². The maximum absolute atomic E-state index is 13.9. The van der Waals surface area contributed by atoms with Crippen LogP contribution in [0.25, 0.3) is 0 Å². The first kappa shape index (κ1) is 17.9. The van der Waals surface area contributed by atoms with E-state index < -0.39 is 0 Å². The lowest BCUT2D eigenvalue weighted by Gasteiger charge is -2.22. The van der Waals surface area contributed by atoms with Crippen LogP contribution in [0.1, 0.15) is 35.2 Å². The number of thioether (sulfide) groups is 1. The van der Waals surface area contributed by atoms with Gasteiger partial charge in [0.15, 0.2) is 0 Å². The number of benzene rings is 1. The maximum Gasteiger partial charge on any atom is 0.349 e.